The maximum atomic E-state index is 11.2. The minimum absolute atomic E-state index is 0.0622. The van der Waals surface area contributed by atoms with Crippen LogP contribution in [0.3, 0.4) is 0 Å². The third kappa shape index (κ3) is 2.08. The number of furan rings is 1. The molecule has 0 aliphatic carbocycles. The minimum atomic E-state index is -1.09. The summed E-state index contributed by atoms with van der Waals surface area (Å²) in [6, 6.07) is 7.20. The van der Waals surface area contributed by atoms with E-state index in [-0.39, 0.29) is 5.76 Å². The Kier molecular flexibility index (Phi) is 2.76. The zero-order valence-electron chi connectivity index (χ0n) is 9.71. The van der Waals surface area contributed by atoms with Gasteiger partial charge in [-0.15, -0.1) is 0 Å². The van der Waals surface area contributed by atoms with Crippen LogP contribution < -0.4 is 0 Å². The van der Waals surface area contributed by atoms with Crippen molar-refractivity contribution in [2.24, 2.45) is 0 Å². The van der Waals surface area contributed by atoms with Gasteiger partial charge in [-0.05, 0) is 6.07 Å². The van der Waals surface area contributed by atoms with Crippen molar-refractivity contribution in [1.82, 2.24) is 9.78 Å². The summed E-state index contributed by atoms with van der Waals surface area (Å²) < 4.78 is 6.94. The summed E-state index contributed by atoms with van der Waals surface area (Å²) in [6.45, 7) is 0.297. The summed E-state index contributed by atoms with van der Waals surface area (Å²) in [7, 11) is 0. The number of hydrogen-bond donors (Lipinski definition) is 1. The van der Waals surface area contributed by atoms with E-state index in [1.807, 2.05) is 12.1 Å². The predicted octanol–water partition coefficient (Wildman–Crippen LogP) is 3.03. The van der Waals surface area contributed by atoms with Crippen LogP contribution >= 0.6 is 11.6 Å². The number of benzene rings is 1. The molecular formula is C13H9ClN2O3. The van der Waals surface area contributed by atoms with Crippen LogP contribution in [0.2, 0.25) is 5.02 Å². The van der Waals surface area contributed by atoms with E-state index in [0.717, 1.165) is 5.39 Å². The Morgan fingerprint density at radius 2 is 2.21 bits per heavy atom. The Morgan fingerprint density at radius 3 is 2.89 bits per heavy atom. The molecule has 0 unspecified atom stereocenters. The van der Waals surface area contributed by atoms with E-state index >= 15 is 0 Å². The summed E-state index contributed by atoms with van der Waals surface area (Å²) >= 11 is 5.80. The van der Waals surface area contributed by atoms with Gasteiger partial charge in [-0.3, -0.25) is 4.68 Å². The number of carboxylic acid groups (broad SMARTS) is 1. The average Bonchev–Trinajstić information content (AvgIpc) is 2.95. The quantitative estimate of drug-likeness (QED) is 0.798. The van der Waals surface area contributed by atoms with Crippen LogP contribution in [0.5, 0.6) is 0 Å². The Morgan fingerprint density at radius 1 is 1.42 bits per heavy atom. The van der Waals surface area contributed by atoms with Crippen molar-refractivity contribution in [1.29, 1.82) is 0 Å². The number of carboxylic acids is 1. The standard InChI is InChI=1S/C13H9ClN2O3/c14-8-5-15-16(6-8)7-10-9-3-1-2-4-11(9)19-12(10)13(17)18/h1-6H,7H2,(H,17,18). The molecule has 1 aromatic carbocycles. The second-order valence-electron chi connectivity index (χ2n) is 4.07. The van der Waals surface area contributed by atoms with Gasteiger partial charge in [0, 0.05) is 17.1 Å². The monoisotopic (exact) mass is 276 g/mol. The first kappa shape index (κ1) is 11.8. The zero-order valence-corrected chi connectivity index (χ0v) is 10.5. The number of nitrogens with zero attached hydrogens (tertiary/aromatic N) is 2. The minimum Gasteiger partial charge on any atom is -0.475 e. The lowest BCUT2D eigenvalue weighted by molar-refractivity contribution is 0.0663. The van der Waals surface area contributed by atoms with Gasteiger partial charge < -0.3 is 9.52 Å². The molecule has 0 aliphatic rings. The number of aromatic carboxylic acids is 1. The van der Waals surface area contributed by atoms with Crippen LogP contribution in [0.4, 0.5) is 0 Å². The van der Waals surface area contributed by atoms with E-state index < -0.39 is 5.97 Å². The molecular weight excluding hydrogens is 268 g/mol. The fourth-order valence-corrected chi connectivity index (χ4v) is 2.17. The number of hydrogen-bond acceptors (Lipinski definition) is 3. The predicted molar refractivity (Wildman–Crippen MR) is 69.5 cm³/mol. The highest BCUT2D eigenvalue weighted by atomic mass is 35.5. The first-order valence-electron chi connectivity index (χ1n) is 5.57. The molecule has 2 heterocycles. The van der Waals surface area contributed by atoms with Gasteiger partial charge in [0.15, 0.2) is 0 Å². The molecule has 0 saturated heterocycles. The lowest BCUT2D eigenvalue weighted by Gasteiger charge is -2.00. The molecule has 3 aromatic rings. The molecule has 0 saturated carbocycles. The summed E-state index contributed by atoms with van der Waals surface area (Å²) in [5, 5.41) is 14.5. The molecule has 0 aliphatic heterocycles. The second-order valence-corrected chi connectivity index (χ2v) is 4.50. The first-order valence-corrected chi connectivity index (χ1v) is 5.94. The van der Waals surface area contributed by atoms with Gasteiger partial charge in [0.1, 0.15) is 5.58 Å². The maximum Gasteiger partial charge on any atom is 0.372 e. The van der Waals surface area contributed by atoms with Gasteiger partial charge in [-0.1, -0.05) is 29.8 Å². The van der Waals surface area contributed by atoms with Crippen LogP contribution in [0, 0.1) is 0 Å². The Balaban J connectivity index is 2.14. The van der Waals surface area contributed by atoms with E-state index in [1.165, 1.54) is 6.20 Å². The lowest BCUT2D eigenvalue weighted by atomic mass is 10.1. The molecule has 1 N–H and O–H groups in total. The van der Waals surface area contributed by atoms with E-state index in [4.69, 9.17) is 16.0 Å². The third-order valence-corrected chi connectivity index (χ3v) is 3.01. The highest BCUT2D eigenvalue weighted by molar-refractivity contribution is 6.30. The van der Waals surface area contributed by atoms with Crippen LogP contribution in [0.25, 0.3) is 11.0 Å². The average molecular weight is 277 g/mol. The summed E-state index contributed by atoms with van der Waals surface area (Å²) in [5.41, 5.74) is 1.14. The molecule has 0 atom stereocenters. The molecule has 0 radical (unpaired) electrons. The molecule has 6 heteroatoms. The highest BCUT2D eigenvalue weighted by Crippen LogP contribution is 2.26. The van der Waals surface area contributed by atoms with Crippen LogP contribution in [0.15, 0.2) is 41.1 Å². The second kappa shape index (κ2) is 4.44. The number of rotatable bonds is 3. The van der Waals surface area contributed by atoms with Crippen molar-refractivity contribution >= 4 is 28.5 Å². The SMILES string of the molecule is O=C(O)c1oc2ccccc2c1Cn1cc(Cl)cn1. The fraction of sp³-hybridized carbons (Fsp3) is 0.0769. The van der Waals surface area contributed by atoms with Crippen molar-refractivity contribution in [2.75, 3.05) is 0 Å². The maximum absolute atomic E-state index is 11.2. The number of aromatic nitrogens is 2. The van der Waals surface area contributed by atoms with Gasteiger partial charge >= 0.3 is 5.97 Å². The molecule has 0 bridgehead atoms. The van der Waals surface area contributed by atoms with Crippen molar-refractivity contribution in [3.05, 3.63) is 53.0 Å². The Hall–Kier alpha value is -2.27. The van der Waals surface area contributed by atoms with Gasteiger partial charge in [0.2, 0.25) is 5.76 Å². The van der Waals surface area contributed by atoms with Crippen molar-refractivity contribution in [2.45, 2.75) is 6.54 Å². The topological polar surface area (TPSA) is 68.3 Å². The molecule has 2 aromatic heterocycles. The lowest BCUT2D eigenvalue weighted by Crippen LogP contribution is -2.05. The van der Waals surface area contributed by atoms with Crippen molar-refractivity contribution in [3.63, 3.8) is 0 Å². The van der Waals surface area contributed by atoms with E-state index in [0.29, 0.717) is 22.7 Å². The zero-order chi connectivity index (χ0) is 13.4. The molecule has 3 rings (SSSR count). The van der Waals surface area contributed by atoms with Crippen LogP contribution in [-0.2, 0) is 6.54 Å². The summed E-state index contributed by atoms with van der Waals surface area (Å²) in [5.74, 6) is -1.16. The number of fused-ring (bicyclic) bond motifs is 1. The first-order chi connectivity index (χ1) is 9.15. The van der Waals surface area contributed by atoms with Crippen molar-refractivity contribution in [3.8, 4) is 0 Å². The van der Waals surface area contributed by atoms with E-state index in [1.54, 1.807) is 23.0 Å². The number of carbonyl (C=O) groups is 1. The normalized spacial score (nSPS) is 11.0. The van der Waals surface area contributed by atoms with Crippen molar-refractivity contribution < 1.29 is 14.3 Å². The number of para-hydroxylation sites is 1. The van der Waals surface area contributed by atoms with E-state index in [9.17, 15) is 9.90 Å². The van der Waals surface area contributed by atoms with Gasteiger partial charge in [-0.2, -0.15) is 5.10 Å². The molecule has 0 spiro atoms. The van der Waals surface area contributed by atoms with Crippen LogP contribution in [0.1, 0.15) is 16.1 Å². The van der Waals surface area contributed by atoms with E-state index in [2.05, 4.69) is 5.10 Å². The van der Waals surface area contributed by atoms with Crippen LogP contribution in [-0.4, -0.2) is 20.9 Å². The summed E-state index contributed by atoms with van der Waals surface area (Å²) in [6.07, 6.45) is 3.14. The highest BCUT2D eigenvalue weighted by Gasteiger charge is 2.20. The third-order valence-electron chi connectivity index (χ3n) is 2.81. The Labute approximate surface area is 113 Å². The van der Waals surface area contributed by atoms with Gasteiger partial charge in [-0.25, -0.2) is 4.79 Å². The molecule has 0 fully saturated rings. The Bertz CT molecular complexity index is 760. The molecule has 0 amide bonds. The summed E-state index contributed by atoms with van der Waals surface area (Å²) in [4.78, 5) is 11.2. The van der Waals surface area contributed by atoms with Gasteiger partial charge in [0.25, 0.3) is 0 Å². The largest absolute Gasteiger partial charge is 0.475 e. The number of halogens is 1. The fourth-order valence-electron chi connectivity index (χ4n) is 2.02. The molecule has 19 heavy (non-hydrogen) atoms. The van der Waals surface area contributed by atoms with Gasteiger partial charge in [0.05, 0.1) is 17.8 Å². The molecule has 96 valence electrons. The smallest absolute Gasteiger partial charge is 0.372 e. The molecule has 5 nitrogen and oxygen atoms in total.